The van der Waals surface area contributed by atoms with E-state index in [2.05, 4.69) is 86.8 Å². The Balaban J connectivity index is 4.34. The minimum atomic E-state index is -4.28. The molecule has 1 N–H and O–H groups in total. The molecule has 0 aromatic heterocycles. The molecule has 0 saturated heterocycles. The van der Waals surface area contributed by atoms with Crippen molar-refractivity contribution in [2.24, 2.45) is 0 Å². The highest BCUT2D eigenvalue weighted by Gasteiger charge is 2.26. The lowest BCUT2D eigenvalue weighted by atomic mass is 10.1. The van der Waals surface area contributed by atoms with Gasteiger partial charge in [-0.15, -0.1) is 0 Å². The molecule has 0 aliphatic heterocycles. The molecule has 2 atom stereocenters. The fraction of sp³-hybridized carbons (Fsp3) is 0.698. The quantitative estimate of drug-likeness (QED) is 0.0224. The van der Waals surface area contributed by atoms with E-state index in [-0.39, 0.29) is 32.2 Å². The third-order valence-corrected chi connectivity index (χ3v) is 9.02. The molecule has 0 fully saturated rings. The molecule has 0 aliphatic carbocycles. The minimum absolute atomic E-state index is 0.0770. The second-order valence-electron chi connectivity index (χ2n) is 14.3. The largest absolute Gasteiger partial charge is 0.472 e. The van der Waals surface area contributed by atoms with E-state index in [9.17, 15) is 14.3 Å². The van der Waals surface area contributed by atoms with E-state index in [1.165, 1.54) is 44.9 Å². The predicted octanol–water partition coefficient (Wildman–Crippen LogP) is 11.5. The zero-order valence-corrected chi connectivity index (χ0v) is 34.7. The lowest BCUT2D eigenvalue weighted by Gasteiger charge is -2.24. The van der Waals surface area contributed by atoms with Gasteiger partial charge in [0.25, 0.3) is 0 Å². The van der Waals surface area contributed by atoms with E-state index >= 15 is 0 Å². The number of ether oxygens (including phenoxy) is 2. The number of allylic oxidation sites excluding steroid dienone is 12. The SMILES string of the molecule is CC/C=C\C/C=C\C/C=C\C/C=C\C/C=C\C/C=C\CCCCC(=O)OC(COCCCCCCCCCCC)COP(=O)(O)OCC[N+](C)(C)C. The van der Waals surface area contributed by atoms with Crippen LogP contribution in [0.4, 0.5) is 0 Å². The monoisotopic (exact) mass is 751 g/mol. The van der Waals surface area contributed by atoms with Gasteiger partial charge in [0.05, 0.1) is 34.4 Å². The smallest absolute Gasteiger partial charge is 0.457 e. The number of carbonyl (C=O) groups excluding carboxylic acids is 1. The zero-order valence-electron chi connectivity index (χ0n) is 33.8. The standard InChI is InChI=1S/C43H76NO7P/c1-6-8-10-12-14-16-17-18-19-20-21-22-23-24-25-26-27-28-30-32-34-36-43(45)51-42(41-50-52(46,47)49-39-37-44(3,4)5)40-48-38-35-33-31-29-15-13-11-9-7-2/h8,10,14,16,18-19,21-22,24-25,27-28,42H,6-7,9,11-13,15,17,20,23,26,29-41H2,1-5H3/p+1/b10-8-,16-14-,19-18-,22-21-,25-24-,28-27-. The van der Waals surface area contributed by atoms with Gasteiger partial charge in [-0.2, -0.15) is 0 Å². The van der Waals surface area contributed by atoms with E-state index in [1.807, 2.05) is 21.1 Å². The number of quaternary nitrogens is 1. The van der Waals surface area contributed by atoms with Gasteiger partial charge in [-0.1, -0.05) is 138 Å². The summed E-state index contributed by atoms with van der Waals surface area (Å²) in [5.74, 6) is -0.359. The van der Waals surface area contributed by atoms with Crippen LogP contribution < -0.4 is 0 Å². The van der Waals surface area contributed by atoms with Crippen molar-refractivity contribution in [2.75, 3.05) is 54.1 Å². The van der Waals surface area contributed by atoms with Crippen LogP contribution >= 0.6 is 7.82 Å². The highest BCUT2D eigenvalue weighted by Crippen LogP contribution is 2.43. The molecule has 8 nitrogen and oxygen atoms in total. The molecular formula is C43H77NO7P+. The van der Waals surface area contributed by atoms with Crippen molar-refractivity contribution in [3.8, 4) is 0 Å². The fourth-order valence-corrected chi connectivity index (χ4v) is 5.65. The van der Waals surface area contributed by atoms with Gasteiger partial charge in [0, 0.05) is 13.0 Å². The summed E-state index contributed by atoms with van der Waals surface area (Å²) in [5.41, 5.74) is 0. The molecule has 0 aromatic carbocycles. The van der Waals surface area contributed by atoms with Crippen LogP contribution in [0.5, 0.6) is 0 Å². The first-order valence-electron chi connectivity index (χ1n) is 20.2. The van der Waals surface area contributed by atoms with Crippen molar-refractivity contribution in [1.29, 1.82) is 0 Å². The maximum absolute atomic E-state index is 12.6. The summed E-state index contributed by atoms with van der Waals surface area (Å²) in [4.78, 5) is 22.8. The maximum atomic E-state index is 12.6. The molecule has 0 aliphatic rings. The topological polar surface area (TPSA) is 91.3 Å². The molecule has 0 amide bonds. The Hall–Kier alpha value is -2.06. The first kappa shape index (κ1) is 49.9. The van der Waals surface area contributed by atoms with E-state index < -0.39 is 13.9 Å². The average Bonchev–Trinajstić information content (AvgIpc) is 3.09. The number of hydrogen-bond acceptors (Lipinski definition) is 6. The second kappa shape index (κ2) is 35.9. The Morgan fingerprint density at radius 2 is 1.12 bits per heavy atom. The van der Waals surface area contributed by atoms with Crippen LogP contribution in [0.3, 0.4) is 0 Å². The number of rotatable bonds is 36. The van der Waals surface area contributed by atoms with Gasteiger partial charge in [0.2, 0.25) is 0 Å². The van der Waals surface area contributed by atoms with Crippen molar-refractivity contribution >= 4 is 13.8 Å². The summed E-state index contributed by atoms with van der Waals surface area (Å²) in [6, 6.07) is 0. The van der Waals surface area contributed by atoms with Crippen LogP contribution in [-0.4, -0.2) is 75.6 Å². The summed E-state index contributed by atoms with van der Waals surface area (Å²) >= 11 is 0. The lowest BCUT2D eigenvalue weighted by Crippen LogP contribution is -2.37. The van der Waals surface area contributed by atoms with E-state index in [1.54, 1.807) is 0 Å². The van der Waals surface area contributed by atoms with Crippen LogP contribution in [0.2, 0.25) is 0 Å². The van der Waals surface area contributed by atoms with Crippen LogP contribution in [0.1, 0.15) is 136 Å². The van der Waals surface area contributed by atoms with Crippen molar-refractivity contribution in [3.05, 3.63) is 72.9 Å². The van der Waals surface area contributed by atoms with Gasteiger partial charge in [-0.05, 0) is 64.2 Å². The maximum Gasteiger partial charge on any atom is 0.472 e. The summed E-state index contributed by atoms with van der Waals surface area (Å²) < 4.78 is 34.8. The highest BCUT2D eigenvalue weighted by molar-refractivity contribution is 7.47. The third-order valence-electron chi connectivity index (χ3n) is 8.03. The van der Waals surface area contributed by atoms with Gasteiger partial charge in [-0.3, -0.25) is 13.8 Å². The normalized spacial score (nSPS) is 14.7. The zero-order chi connectivity index (χ0) is 38.4. The number of likely N-dealkylation sites (N-methyl/N-ethyl adjacent to an activating group) is 1. The van der Waals surface area contributed by atoms with Gasteiger partial charge in [0.1, 0.15) is 19.3 Å². The van der Waals surface area contributed by atoms with Crippen LogP contribution in [0.25, 0.3) is 0 Å². The first-order valence-corrected chi connectivity index (χ1v) is 21.7. The number of unbranched alkanes of at least 4 members (excludes halogenated alkanes) is 10. The highest BCUT2D eigenvalue weighted by atomic mass is 31.2. The van der Waals surface area contributed by atoms with Crippen LogP contribution in [0, 0.1) is 0 Å². The summed E-state index contributed by atoms with van der Waals surface area (Å²) in [6.45, 7) is 5.40. The summed E-state index contributed by atoms with van der Waals surface area (Å²) in [6.07, 6.45) is 45.1. The molecular weight excluding hydrogens is 673 g/mol. The van der Waals surface area contributed by atoms with Gasteiger partial charge in [-0.25, -0.2) is 4.57 Å². The number of phosphoric acid groups is 1. The van der Waals surface area contributed by atoms with Gasteiger partial charge < -0.3 is 18.9 Å². The Labute approximate surface area is 319 Å². The molecule has 0 heterocycles. The molecule has 0 spiro atoms. The fourth-order valence-electron chi connectivity index (χ4n) is 4.91. The molecule has 0 radical (unpaired) electrons. The Bertz CT molecular complexity index is 1060. The lowest BCUT2D eigenvalue weighted by molar-refractivity contribution is -0.870. The van der Waals surface area contributed by atoms with Crippen LogP contribution in [0.15, 0.2) is 72.9 Å². The summed E-state index contributed by atoms with van der Waals surface area (Å²) in [5, 5.41) is 0. The van der Waals surface area contributed by atoms with E-state index in [0.717, 1.165) is 64.2 Å². The van der Waals surface area contributed by atoms with Crippen molar-refractivity contribution in [1.82, 2.24) is 0 Å². The summed E-state index contributed by atoms with van der Waals surface area (Å²) in [7, 11) is 1.63. The number of nitrogens with zero attached hydrogens (tertiary/aromatic N) is 1. The first-order chi connectivity index (χ1) is 25.1. The Kier molecular flexibility index (Phi) is 34.5. The van der Waals surface area contributed by atoms with E-state index in [4.69, 9.17) is 18.5 Å². The van der Waals surface area contributed by atoms with Gasteiger partial charge >= 0.3 is 13.8 Å². The number of esters is 1. The number of carbonyl (C=O) groups is 1. The Morgan fingerprint density at radius 3 is 1.63 bits per heavy atom. The van der Waals surface area contributed by atoms with Crippen LogP contribution in [-0.2, 0) is 27.9 Å². The molecule has 9 heteroatoms. The second-order valence-corrected chi connectivity index (χ2v) is 15.7. The average molecular weight is 751 g/mol. The number of hydrogen-bond donors (Lipinski definition) is 1. The molecule has 2 unspecified atom stereocenters. The van der Waals surface area contributed by atoms with Gasteiger partial charge in [0.15, 0.2) is 0 Å². The molecule has 0 saturated carbocycles. The molecule has 0 bridgehead atoms. The molecule has 300 valence electrons. The molecule has 0 rings (SSSR count). The van der Waals surface area contributed by atoms with Crippen molar-refractivity contribution < 1.29 is 37.3 Å². The Morgan fingerprint density at radius 1 is 0.615 bits per heavy atom. The number of phosphoric ester groups is 1. The third kappa shape index (κ3) is 39.2. The molecule has 0 aromatic rings. The van der Waals surface area contributed by atoms with Crippen molar-refractivity contribution in [2.45, 2.75) is 142 Å². The minimum Gasteiger partial charge on any atom is -0.457 e. The molecule has 52 heavy (non-hydrogen) atoms. The van der Waals surface area contributed by atoms with Crippen molar-refractivity contribution in [3.63, 3.8) is 0 Å². The van der Waals surface area contributed by atoms with E-state index in [0.29, 0.717) is 24.1 Å². The predicted molar refractivity (Wildman–Crippen MR) is 219 cm³/mol.